The van der Waals surface area contributed by atoms with E-state index in [0.717, 1.165) is 37.5 Å². The molecule has 40 heavy (non-hydrogen) atoms. The Kier molecular flexibility index (Phi) is 6.76. The molecule has 0 aromatic carbocycles. The molecule has 0 saturated carbocycles. The van der Waals surface area contributed by atoms with Crippen molar-refractivity contribution in [2.75, 3.05) is 43.4 Å². The van der Waals surface area contributed by atoms with Gasteiger partial charge in [-0.25, -0.2) is 29.3 Å². The van der Waals surface area contributed by atoms with Crippen molar-refractivity contribution in [3.8, 4) is 22.6 Å². The van der Waals surface area contributed by atoms with Crippen LogP contribution >= 0.6 is 0 Å². The largest absolute Gasteiger partial charge is 0.352 e. The van der Waals surface area contributed by atoms with Gasteiger partial charge in [0.1, 0.15) is 23.4 Å². The number of nitrogens with one attached hydrogen (secondary N) is 2. The van der Waals surface area contributed by atoms with Crippen molar-refractivity contribution in [3.63, 3.8) is 0 Å². The number of nitrogens with zero attached hydrogens (tertiary/aromatic N) is 8. The molecule has 0 radical (unpaired) electrons. The monoisotopic (exact) mass is 540 g/mol. The summed E-state index contributed by atoms with van der Waals surface area (Å²) >= 11 is 0. The molecule has 12 heteroatoms. The van der Waals surface area contributed by atoms with Crippen LogP contribution in [0.25, 0.3) is 44.7 Å². The third kappa shape index (κ3) is 4.93. The van der Waals surface area contributed by atoms with Crippen molar-refractivity contribution in [2.24, 2.45) is 5.92 Å². The molecule has 0 atom stereocenters. The number of pyridine rings is 3. The molecular weight excluding hydrogens is 511 g/mol. The van der Waals surface area contributed by atoms with Gasteiger partial charge < -0.3 is 20.1 Å². The maximum Gasteiger partial charge on any atom is 0.224 e. The van der Waals surface area contributed by atoms with E-state index in [0.29, 0.717) is 34.7 Å². The van der Waals surface area contributed by atoms with Gasteiger partial charge in [-0.05, 0) is 25.1 Å². The number of amides is 1. The van der Waals surface area contributed by atoms with Crippen molar-refractivity contribution >= 4 is 39.5 Å². The van der Waals surface area contributed by atoms with E-state index >= 15 is 4.39 Å². The molecule has 0 bridgehead atoms. The summed E-state index contributed by atoms with van der Waals surface area (Å²) in [4.78, 5) is 46.7. The quantitative estimate of drug-likeness (QED) is 0.329. The van der Waals surface area contributed by atoms with E-state index in [1.807, 2.05) is 19.9 Å². The highest BCUT2D eigenvalue weighted by Crippen LogP contribution is 2.33. The second-order valence-electron chi connectivity index (χ2n) is 10.4. The van der Waals surface area contributed by atoms with Gasteiger partial charge in [0.2, 0.25) is 5.91 Å². The Balaban J connectivity index is 1.41. The minimum Gasteiger partial charge on any atom is -0.352 e. The predicted molar refractivity (Wildman–Crippen MR) is 151 cm³/mol. The third-order valence-electron chi connectivity index (χ3n) is 6.93. The van der Waals surface area contributed by atoms with Crippen LogP contribution in [0.4, 0.5) is 15.9 Å². The average Bonchev–Trinajstić information content (AvgIpc) is 3.38. The van der Waals surface area contributed by atoms with Gasteiger partial charge in [-0.15, -0.1) is 0 Å². The first kappa shape index (κ1) is 25.7. The lowest BCUT2D eigenvalue weighted by Gasteiger charge is -2.33. The van der Waals surface area contributed by atoms with Crippen molar-refractivity contribution in [1.82, 2.24) is 39.8 Å². The molecule has 5 aromatic heterocycles. The Bertz CT molecular complexity index is 1710. The number of fused-ring (bicyclic) bond motifs is 2. The first-order valence-corrected chi connectivity index (χ1v) is 13.2. The van der Waals surface area contributed by atoms with Gasteiger partial charge in [0.25, 0.3) is 0 Å². The lowest BCUT2D eigenvalue weighted by molar-refractivity contribution is -0.116. The Morgan fingerprint density at radius 2 is 1.93 bits per heavy atom. The lowest BCUT2D eigenvalue weighted by atomic mass is 10.1. The number of carbonyl (C=O) groups excluding carboxylic acids is 1. The Labute approximate surface area is 229 Å². The Hall–Kier alpha value is -4.58. The van der Waals surface area contributed by atoms with Gasteiger partial charge in [-0.1, -0.05) is 13.8 Å². The smallest absolute Gasteiger partial charge is 0.224 e. The summed E-state index contributed by atoms with van der Waals surface area (Å²) in [6, 6.07) is 3.52. The standard InChI is InChI=1S/C28H29FN10O/c1-16(2)10-21(40)35-18-11-17(12-30-13-18)19-14-32-26-22(23(19)29)25(33-15-34-26)27-36-20-4-5-31-28(24(20)37-27)39-8-6-38(3)7-9-39/h4-5,11-16H,6-10H2,1-3H3,(H,35,40)(H,36,37). The highest BCUT2D eigenvalue weighted by molar-refractivity contribution is 5.96. The molecular formula is C28H29FN10O. The number of hydrogen-bond acceptors (Lipinski definition) is 9. The maximum absolute atomic E-state index is 16.2. The molecule has 5 aromatic rings. The highest BCUT2D eigenvalue weighted by atomic mass is 19.1. The van der Waals surface area contributed by atoms with Crippen LogP contribution in [-0.2, 0) is 4.79 Å². The molecule has 1 fully saturated rings. The number of aromatic amines is 1. The number of likely N-dealkylation sites (N-methyl/N-ethyl adjacent to an activating group) is 1. The van der Waals surface area contributed by atoms with Crippen LogP contribution in [0.2, 0.25) is 0 Å². The SMILES string of the molecule is CC(C)CC(=O)Nc1cncc(-c2cnc3ncnc(-c4nc5c(N6CCN(C)CC6)nccc5[nH]4)c3c2F)c1. The second kappa shape index (κ2) is 10.5. The predicted octanol–water partition coefficient (Wildman–Crippen LogP) is 3.90. The van der Waals surface area contributed by atoms with Gasteiger partial charge in [-0.3, -0.25) is 9.78 Å². The third-order valence-corrected chi connectivity index (χ3v) is 6.93. The summed E-state index contributed by atoms with van der Waals surface area (Å²) in [6.45, 7) is 7.49. The minimum absolute atomic E-state index is 0.128. The Morgan fingerprint density at radius 3 is 2.73 bits per heavy atom. The number of carbonyl (C=O) groups is 1. The number of halogens is 1. The van der Waals surface area contributed by atoms with E-state index in [9.17, 15) is 4.79 Å². The van der Waals surface area contributed by atoms with Crippen LogP contribution in [-0.4, -0.2) is 78.9 Å². The number of aromatic nitrogens is 7. The summed E-state index contributed by atoms with van der Waals surface area (Å²) in [7, 11) is 2.10. The molecule has 1 amide bonds. The number of rotatable bonds is 6. The van der Waals surface area contributed by atoms with Gasteiger partial charge in [0, 0.05) is 62.3 Å². The fraction of sp³-hybridized carbons (Fsp3) is 0.321. The van der Waals surface area contributed by atoms with Gasteiger partial charge in [0.05, 0.1) is 22.8 Å². The van der Waals surface area contributed by atoms with Gasteiger partial charge in [0.15, 0.2) is 17.3 Å². The lowest BCUT2D eigenvalue weighted by Crippen LogP contribution is -2.44. The van der Waals surface area contributed by atoms with E-state index in [4.69, 9.17) is 4.98 Å². The van der Waals surface area contributed by atoms with E-state index in [1.54, 1.807) is 12.3 Å². The van der Waals surface area contributed by atoms with Crippen molar-refractivity contribution in [2.45, 2.75) is 20.3 Å². The maximum atomic E-state index is 16.2. The zero-order valence-electron chi connectivity index (χ0n) is 22.5. The van der Waals surface area contributed by atoms with Crippen LogP contribution in [0.5, 0.6) is 0 Å². The zero-order valence-corrected chi connectivity index (χ0v) is 22.5. The van der Waals surface area contributed by atoms with E-state index in [-0.39, 0.29) is 28.4 Å². The second-order valence-corrected chi connectivity index (χ2v) is 10.4. The molecule has 6 rings (SSSR count). The van der Waals surface area contributed by atoms with Crippen LogP contribution in [0, 0.1) is 11.7 Å². The number of anilines is 2. The molecule has 2 N–H and O–H groups in total. The molecule has 11 nitrogen and oxygen atoms in total. The van der Waals surface area contributed by atoms with E-state index < -0.39 is 5.82 Å². The molecule has 1 aliphatic rings. The molecule has 6 heterocycles. The topological polar surface area (TPSA) is 129 Å². The summed E-state index contributed by atoms with van der Waals surface area (Å²) in [5, 5.41) is 2.97. The molecule has 1 saturated heterocycles. The number of hydrogen-bond donors (Lipinski definition) is 2. The molecule has 0 unspecified atom stereocenters. The van der Waals surface area contributed by atoms with Crippen LogP contribution in [0.3, 0.4) is 0 Å². The zero-order chi connectivity index (χ0) is 27.8. The number of piperazine rings is 1. The number of imidazole rings is 1. The Morgan fingerprint density at radius 1 is 1.10 bits per heavy atom. The average molecular weight is 541 g/mol. The molecule has 0 aliphatic carbocycles. The summed E-state index contributed by atoms with van der Waals surface area (Å²) in [5.74, 6) is 0.718. The molecule has 1 aliphatic heterocycles. The van der Waals surface area contributed by atoms with E-state index in [1.165, 1.54) is 24.9 Å². The molecule has 204 valence electrons. The fourth-order valence-corrected chi connectivity index (χ4v) is 4.90. The first-order valence-electron chi connectivity index (χ1n) is 13.2. The molecule has 0 spiro atoms. The van der Waals surface area contributed by atoms with Crippen LogP contribution < -0.4 is 10.2 Å². The van der Waals surface area contributed by atoms with Crippen molar-refractivity contribution in [3.05, 3.63) is 49.1 Å². The van der Waals surface area contributed by atoms with Crippen LogP contribution in [0.15, 0.2) is 43.2 Å². The van der Waals surface area contributed by atoms with Crippen molar-refractivity contribution in [1.29, 1.82) is 0 Å². The fourth-order valence-electron chi connectivity index (χ4n) is 4.90. The van der Waals surface area contributed by atoms with Crippen molar-refractivity contribution < 1.29 is 9.18 Å². The number of H-pyrrole nitrogens is 1. The normalized spacial score (nSPS) is 14.4. The summed E-state index contributed by atoms with van der Waals surface area (Å²) in [5.41, 5.74) is 3.15. The van der Waals surface area contributed by atoms with Gasteiger partial charge >= 0.3 is 0 Å². The summed E-state index contributed by atoms with van der Waals surface area (Å²) < 4.78 is 16.2. The van der Waals surface area contributed by atoms with Gasteiger partial charge in [-0.2, -0.15) is 0 Å². The minimum atomic E-state index is -0.550. The van der Waals surface area contributed by atoms with E-state index in [2.05, 4.69) is 52.1 Å². The first-order chi connectivity index (χ1) is 19.4. The summed E-state index contributed by atoms with van der Waals surface area (Å²) in [6.07, 6.45) is 7.95. The highest BCUT2D eigenvalue weighted by Gasteiger charge is 2.23. The van der Waals surface area contributed by atoms with Crippen LogP contribution in [0.1, 0.15) is 20.3 Å².